The molecular formula is C22H25N5O2. The van der Waals surface area contributed by atoms with E-state index in [0.717, 1.165) is 36.5 Å². The Hall–Kier alpha value is -3.03. The average Bonchev–Trinajstić information content (AvgIpc) is 3.13. The van der Waals surface area contributed by atoms with E-state index in [1.165, 1.54) is 11.1 Å². The summed E-state index contributed by atoms with van der Waals surface area (Å²) in [6, 6.07) is 15.9. The largest absolute Gasteiger partial charge is 0.395 e. The van der Waals surface area contributed by atoms with Crippen molar-refractivity contribution in [1.82, 2.24) is 25.2 Å². The summed E-state index contributed by atoms with van der Waals surface area (Å²) >= 11 is 0. The predicted molar refractivity (Wildman–Crippen MR) is 110 cm³/mol. The second kappa shape index (κ2) is 8.55. The van der Waals surface area contributed by atoms with Gasteiger partial charge in [-0.1, -0.05) is 47.7 Å². The molecule has 2 heterocycles. The number of amides is 1. The molecule has 2 N–H and O–H groups in total. The zero-order valence-corrected chi connectivity index (χ0v) is 16.5. The van der Waals surface area contributed by atoms with E-state index in [4.69, 9.17) is 0 Å². The van der Waals surface area contributed by atoms with E-state index in [0.29, 0.717) is 18.8 Å². The molecule has 0 bridgehead atoms. The molecule has 0 atom stereocenters. The van der Waals surface area contributed by atoms with Gasteiger partial charge in [0.05, 0.1) is 18.0 Å². The normalized spacial score (nSPS) is 13.9. The van der Waals surface area contributed by atoms with Crippen LogP contribution < -0.4 is 5.32 Å². The van der Waals surface area contributed by atoms with Gasteiger partial charge < -0.3 is 10.4 Å². The molecule has 1 aliphatic heterocycles. The minimum Gasteiger partial charge on any atom is -0.395 e. The van der Waals surface area contributed by atoms with Crippen LogP contribution in [0.15, 0.2) is 48.5 Å². The summed E-state index contributed by atoms with van der Waals surface area (Å²) in [6.45, 7) is 4.87. The quantitative estimate of drug-likeness (QED) is 0.670. The Morgan fingerprint density at radius 2 is 2.00 bits per heavy atom. The lowest BCUT2D eigenvalue weighted by molar-refractivity contribution is 0.0945. The first-order valence-corrected chi connectivity index (χ1v) is 9.86. The molecule has 7 nitrogen and oxygen atoms in total. The molecule has 0 fully saturated rings. The van der Waals surface area contributed by atoms with Gasteiger partial charge in [0.15, 0.2) is 5.69 Å². The fourth-order valence-electron chi connectivity index (χ4n) is 3.81. The van der Waals surface area contributed by atoms with Crippen LogP contribution in [0.4, 0.5) is 0 Å². The molecule has 1 aliphatic rings. The van der Waals surface area contributed by atoms with E-state index in [9.17, 15) is 9.90 Å². The van der Waals surface area contributed by atoms with Crippen molar-refractivity contribution < 1.29 is 9.90 Å². The van der Waals surface area contributed by atoms with Crippen LogP contribution in [0.1, 0.15) is 32.9 Å². The summed E-state index contributed by atoms with van der Waals surface area (Å²) in [6.07, 6.45) is 0.875. The van der Waals surface area contributed by atoms with Crippen LogP contribution in [-0.4, -0.2) is 50.6 Å². The van der Waals surface area contributed by atoms with E-state index in [2.05, 4.69) is 26.6 Å². The third kappa shape index (κ3) is 4.06. The zero-order chi connectivity index (χ0) is 20.2. The lowest BCUT2D eigenvalue weighted by Crippen LogP contribution is -2.33. The highest BCUT2D eigenvalue weighted by Gasteiger charge is 2.22. The van der Waals surface area contributed by atoms with E-state index in [-0.39, 0.29) is 12.5 Å². The highest BCUT2D eigenvalue weighted by molar-refractivity contribution is 5.93. The summed E-state index contributed by atoms with van der Waals surface area (Å²) in [5.41, 5.74) is 5.53. The first kappa shape index (κ1) is 19.3. The van der Waals surface area contributed by atoms with Crippen LogP contribution in [0.2, 0.25) is 0 Å². The molecule has 0 spiro atoms. The van der Waals surface area contributed by atoms with E-state index in [1.807, 2.05) is 49.4 Å². The number of aliphatic hydroxyl groups is 1. The van der Waals surface area contributed by atoms with Crippen LogP contribution in [0.25, 0.3) is 5.69 Å². The molecule has 150 valence electrons. The summed E-state index contributed by atoms with van der Waals surface area (Å²) < 4.78 is 1.76. The van der Waals surface area contributed by atoms with Crippen LogP contribution in [0.3, 0.4) is 0 Å². The number of hydrogen-bond acceptors (Lipinski definition) is 5. The Bertz CT molecular complexity index is 1000. The number of β-amino-alcohol motifs (C(OH)–C–C–N with tert-alkyl or cyclic N) is 1. The molecule has 1 amide bonds. The van der Waals surface area contributed by atoms with Crippen LogP contribution in [-0.2, 0) is 19.5 Å². The van der Waals surface area contributed by atoms with Crippen molar-refractivity contribution in [3.05, 3.63) is 76.6 Å². The summed E-state index contributed by atoms with van der Waals surface area (Å²) in [5.74, 6) is -0.225. The first-order valence-electron chi connectivity index (χ1n) is 9.86. The standard InChI is InChI=1S/C22H25N5O2/c1-16-21(22(29)23-14-17-6-3-2-4-7-17)24-25-27(16)20-9-5-8-18-15-26(12-13-28)11-10-19(18)20/h2-9,28H,10-15H2,1H3,(H,23,29). The van der Waals surface area contributed by atoms with Crippen LogP contribution in [0, 0.1) is 6.92 Å². The molecule has 0 radical (unpaired) electrons. The molecule has 0 unspecified atom stereocenters. The first-order chi connectivity index (χ1) is 14.2. The third-order valence-electron chi connectivity index (χ3n) is 5.37. The lowest BCUT2D eigenvalue weighted by Gasteiger charge is -2.29. The van der Waals surface area contributed by atoms with Gasteiger partial charge >= 0.3 is 0 Å². The predicted octanol–water partition coefficient (Wildman–Crippen LogP) is 1.86. The van der Waals surface area contributed by atoms with Gasteiger partial charge in [-0.05, 0) is 36.1 Å². The van der Waals surface area contributed by atoms with Crippen molar-refractivity contribution >= 4 is 5.91 Å². The van der Waals surface area contributed by atoms with Crippen LogP contribution >= 0.6 is 0 Å². The number of hydrogen-bond donors (Lipinski definition) is 2. The summed E-state index contributed by atoms with van der Waals surface area (Å²) in [4.78, 5) is 14.9. The molecule has 7 heteroatoms. The molecule has 4 rings (SSSR count). The van der Waals surface area contributed by atoms with Crippen molar-refractivity contribution in [2.75, 3.05) is 19.7 Å². The molecule has 0 saturated heterocycles. The molecule has 0 saturated carbocycles. The van der Waals surface area contributed by atoms with Crippen LogP contribution in [0.5, 0.6) is 0 Å². The van der Waals surface area contributed by atoms with E-state index < -0.39 is 0 Å². The van der Waals surface area contributed by atoms with E-state index in [1.54, 1.807) is 4.68 Å². The van der Waals surface area contributed by atoms with Gasteiger partial charge in [-0.25, -0.2) is 4.68 Å². The van der Waals surface area contributed by atoms with Crippen molar-refractivity contribution in [2.45, 2.75) is 26.4 Å². The van der Waals surface area contributed by atoms with Gasteiger partial charge in [0.1, 0.15) is 0 Å². The Morgan fingerprint density at radius 3 is 2.79 bits per heavy atom. The lowest BCUT2D eigenvalue weighted by atomic mass is 9.97. The summed E-state index contributed by atoms with van der Waals surface area (Å²) in [5, 5.41) is 20.6. The van der Waals surface area contributed by atoms with Crippen molar-refractivity contribution in [1.29, 1.82) is 0 Å². The third-order valence-corrected chi connectivity index (χ3v) is 5.37. The van der Waals surface area contributed by atoms with Gasteiger partial charge in [0, 0.05) is 26.2 Å². The van der Waals surface area contributed by atoms with Crippen molar-refractivity contribution in [3.63, 3.8) is 0 Å². The number of benzene rings is 2. The van der Waals surface area contributed by atoms with E-state index >= 15 is 0 Å². The van der Waals surface area contributed by atoms with Crippen molar-refractivity contribution in [2.24, 2.45) is 0 Å². The molecule has 3 aromatic rings. The monoisotopic (exact) mass is 391 g/mol. The van der Waals surface area contributed by atoms with Gasteiger partial charge in [-0.2, -0.15) is 0 Å². The number of rotatable bonds is 6. The molecule has 29 heavy (non-hydrogen) atoms. The zero-order valence-electron chi connectivity index (χ0n) is 16.5. The smallest absolute Gasteiger partial charge is 0.274 e. The maximum atomic E-state index is 12.6. The van der Waals surface area contributed by atoms with Crippen molar-refractivity contribution in [3.8, 4) is 5.69 Å². The molecule has 0 aliphatic carbocycles. The Morgan fingerprint density at radius 1 is 1.17 bits per heavy atom. The maximum Gasteiger partial charge on any atom is 0.274 e. The number of nitrogens with zero attached hydrogens (tertiary/aromatic N) is 4. The summed E-state index contributed by atoms with van der Waals surface area (Å²) in [7, 11) is 0. The number of aromatic nitrogens is 3. The van der Waals surface area contributed by atoms with Gasteiger partial charge in [0.25, 0.3) is 5.91 Å². The highest BCUT2D eigenvalue weighted by Crippen LogP contribution is 2.26. The number of aliphatic hydroxyl groups excluding tert-OH is 1. The fourth-order valence-corrected chi connectivity index (χ4v) is 3.81. The fraction of sp³-hybridized carbons (Fsp3) is 0.318. The SMILES string of the molecule is Cc1c(C(=O)NCc2ccccc2)nnn1-c1cccc2c1CCN(CCO)C2. The average molecular weight is 391 g/mol. The Kier molecular flexibility index (Phi) is 5.69. The molecule has 1 aromatic heterocycles. The minimum atomic E-state index is -0.225. The Labute approximate surface area is 170 Å². The number of carbonyl (C=O) groups excluding carboxylic acids is 1. The molecular weight excluding hydrogens is 366 g/mol. The Balaban J connectivity index is 1.55. The maximum absolute atomic E-state index is 12.6. The molecule has 2 aromatic carbocycles. The van der Waals surface area contributed by atoms with Gasteiger partial charge in [-0.3, -0.25) is 9.69 Å². The number of carbonyl (C=O) groups is 1. The number of nitrogens with one attached hydrogen (secondary N) is 1. The van der Waals surface area contributed by atoms with Gasteiger partial charge in [0.2, 0.25) is 0 Å². The second-order valence-corrected chi connectivity index (χ2v) is 7.27. The minimum absolute atomic E-state index is 0.165. The second-order valence-electron chi connectivity index (χ2n) is 7.27. The van der Waals surface area contributed by atoms with Gasteiger partial charge in [-0.15, -0.1) is 5.10 Å². The number of fused-ring (bicyclic) bond motifs is 1. The topological polar surface area (TPSA) is 83.3 Å². The highest BCUT2D eigenvalue weighted by atomic mass is 16.3.